The summed E-state index contributed by atoms with van der Waals surface area (Å²) in [4.78, 5) is 11.9. The number of rotatable bonds is 2. The van der Waals surface area contributed by atoms with Crippen LogP contribution in [0.4, 0.5) is 0 Å². The lowest BCUT2D eigenvalue weighted by Crippen LogP contribution is -2.23. The Bertz CT molecular complexity index is 494. The van der Waals surface area contributed by atoms with Gasteiger partial charge in [-0.3, -0.25) is 4.79 Å². The van der Waals surface area contributed by atoms with Crippen molar-refractivity contribution in [2.75, 3.05) is 14.2 Å². The molecule has 1 aromatic carbocycles. The molecule has 0 spiro atoms. The SMILES string of the molecule is COc1ccc2c(c1OC)CC/C(=N\O)C2=O. The molecule has 0 saturated heterocycles. The summed E-state index contributed by atoms with van der Waals surface area (Å²) in [6, 6.07) is 3.35. The number of carbonyl (C=O) groups is 1. The molecule has 1 aliphatic carbocycles. The summed E-state index contributed by atoms with van der Waals surface area (Å²) in [5.41, 5.74) is 1.51. The first-order valence-corrected chi connectivity index (χ1v) is 5.22. The summed E-state index contributed by atoms with van der Waals surface area (Å²) in [6.07, 6.45) is 1.01. The number of hydrogen-bond acceptors (Lipinski definition) is 5. The van der Waals surface area contributed by atoms with Gasteiger partial charge in [-0.2, -0.15) is 0 Å². The van der Waals surface area contributed by atoms with Gasteiger partial charge in [-0.1, -0.05) is 5.16 Å². The molecule has 1 aromatic rings. The molecule has 0 saturated carbocycles. The van der Waals surface area contributed by atoms with Crippen molar-refractivity contribution in [3.05, 3.63) is 23.3 Å². The van der Waals surface area contributed by atoms with Crippen molar-refractivity contribution in [1.82, 2.24) is 0 Å². The molecule has 5 nitrogen and oxygen atoms in total. The molecule has 0 amide bonds. The summed E-state index contributed by atoms with van der Waals surface area (Å²) in [6.45, 7) is 0. The van der Waals surface area contributed by atoms with Crippen LogP contribution in [0.15, 0.2) is 17.3 Å². The minimum Gasteiger partial charge on any atom is -0.493 e. The Morgan fingerprint density at radius 1 is 1.24 bits per heavy atom. The van der Waals surface area contributed by atoms with Crippen LogP contribution in [0.1, 0.15) is 22.3 Å². The lowest BCUT2D eigenvalue weighted by molar-refractivity contribution is 0.105. The van der Waals surface area contributed by atoms with Crippen LogP contribution in [0, 0.1) is 0 Å². The van der Waals surface area contributed by atoms with Gasteiger partial charge in [-0.15, -0.1) is 0 Å². The molecule has 0 heterocycles. The lowest BCUT2D eigenvalue weighted by Gasteiger charge is -2.20. The highest BCUT2D eigenvalue weighted by Gasteiger charge is 2.27. The monoisotopic (exact) mass is 235 g/mol. The number of oxime groups is 1. The molecule has 0 bridgehead atoms. The van der Waals surface area contributed by atoms with Gasteiger partial charge in [0, 0.05) is 17.5 Å². The molecule has 1 N–H and O–H groups in total. The minimum absolute atomic E-state index is 0.185. The van der Waals surface area contributed by atoms with E-state index >= 15 is 0 Å². The summed E-state index contributed by atoms with van der Waals surface area (Å²) in [5.74, 6) is 0.925. The largest absolute Gasteiger partial charge is 0.493 e. The second kappa shape index (κ2) is 4.45. The molecule has 0 atom stereocenters. The second-order valence-electron chi connectivity index (χ2n) is 3.70. The zero-order valence-electron chi connectivity index (χ0n) is 9.69. The molecule has 17 heavy (non-hydrogen) atoms. The highest BCUT2D eigenvalue weighted by Crippen LogP contribution is 2.36. The summed E-state index contributed by atoms with van der Waals surface area (Å²) >= 11 is 0. The number of carbonyl (C=O) groups excluding carboxylic acids is 1. The molecule has 90 valence electrons. The predicted octanol–water partition coefficient (Wildman–Crippen LogP) is 1.66. The van der Waals surface area contributed by atoms with Crippen molar-refractivity contribution in [3.63, 3.8) is 0 Å². The third-order valence-corrected chi connectivity index (χ3v) is 2.89. The molecule has 0 unspecified atom stereocenters. The van der Waals surface area contributed by atoms with Crippen molar-refractivity contribution in [3.8, 4) is 11.5 Å². The average molecular weight is 235 g/mol. The number of Topliss-reactive ketones (excluding diaryl/α,β-unsaturated/α-hetero) is 1. The predicted molar refractivity (Wildman–Crippen MR) is 61.4 cm³/mol. The van der Waals surface area contributed by atoms with Gasteiger partial charge in [0.05, 0.1) is 14.2 Å². The van der Waals surface area contributed by atoms with Gasteiger partial charge in [0.15, 0.2) is 11.5 Å². The molecule has 2 rings (SSSR count). The Kier molecular flexibility index (Phi) is 2.99. The fourth-order valence-corrected chi connectivity index (χ4v) is 2.06. The van der Waals surface area contributed by atoms with Gasteiger partial charge in [0.1, 0.15) is 5.71 Å². The number of hydrogen-bond donors (Lipinski definition) is 1. The zero-order chi connectivity index (χ0) is 12.4. The van der Waals surface area contributed by atoms with E-state index in [1.54, 1.807) is 19.2 Å². The first-order valence-electron chi connectivity index (χ1n) is 5.22. The smallest absolute Gasteiger partial charge is 0.210 e. The van der Waals surface area contributed by atoms with Crippen LogP contribution >= 0.6 is 0 Å². The molecule has 0 radical (unpaired) electrons. The van der Waals surface area contributed by atoms with Crippen LogP contribution in [-0.4, -0.2) is 30.9 Å². The summed E-state index contributed by atoms with van der Waals surface area (Å²) in [5, 5.41) is 11.7. The highest BCUT2D eigenvalue weighted by molar-refractivity contribution is 6.47. The van der Waals surface area contributed by atoms with Gasteiger partial charge >= 0.3 is 0 Å². The van der Waals surface area contributed by atoms with Crippen molar-refractivity contribution in [2.45, 2.75) is 12.8 Å². The Morgan fingerprint density at radius 3 is 2.59 bits per heavy atom. The summed E-state index contributed by atoms with van der Waals surface area (Å²) in [7, 11) is 3.09. The van der Waals surface area contributed by atoms with Crippen LogP contribution in [0.3, 0.4) is 0 Å². The molecule has 0 aromatic heterocycles. The van der Waals surface area contributed by atoms with Gasteiger partial charge in [0.2, 0.25) is 5.78 Å². The van der Waals surface area contributed by atoms with E-state index in [9.17, 15) is 4.79 Å². The maximum atomic E-state index is 11.9. The molecule has 5 heteroatoms. The summed E-state index contributed by atoms with van der Waals surface area (Å²) < 4.78 is 10.4. The number of ketones is 1. The highest BCUT2D eigenvalue weighted by atomic mass is 16.5. The topological polar surface area (TPSA) is 68.1 Å². The van der Waals surface area contributed by atoms with E-state index in [4.69, 9.17) is 14.7 Å². The number of benzene rings is 1. The Balaban J connectivity index is 2.58. The second-order valence-corrected chi connectivity index (χ2v) is 3.70. The minimum atomic E-state index is -0.255. The molecular formula is C12H13NO4. The third-order valence-electron chi connectivity index (χ3n) is 2.89. The van der Waals surface area contributed by atoms with Gasteiger partial charge in [-0.25, -0.2) is 0 Å². The Hall–Kier alpha value is -2.04. The number of ether oxygens (including phenoxy) is 2. The van der Waals surface area contributed by atoms with E-state index < -0.39 is 0 Å². The lowest BCUT2D eigenvalue weighted by atomic mass is 9.88. The fourth-order valence-electron chi connectivity index (χ4n) is 2.06. The maximum absolute atomic E-state index is 11.9. The van der Waals surface area contributed by atoms with Crippen LogP contribution in [0.25, 0.3) is 0 Å². The van der Waals surface area contributed by atoms with Crippen LogP contribution < -0.4 is 9.47 Å². The average Bonchev–Trinajstić information content (AvgIpc) is 2.37. The van der Waals surface area contributed by atoms with Crippen LogP contribution in [-0.2, 0) is 6.42 Å². The molecular weight excluding hydrogens is 222 g/mol. The Morgan fingerprint density at radius 2 is 2.00 bits per heavy atom. The van der Waals surface area contributed by atoms with Crippen molar-refractivity contribution >= 4 is 11.5 Å². The first kappa shape index (κ1) is 11.4. The van der Waals surface area contributed by atoms with Gasteiger partial charge in [0.25, 0.3) is 0 Å². The van der Waals surface area contributed by atoms with E-state index in [0.717, 1.165) is 5.56 Å². The quantitative estimate of drug-likeness (QED) is 0.625. The standard InChI is InChI=1S/C12H13NO4/c1-16-10-6-4-7-8(12(10)17-2)3-5-9(13-15)11(7)14/h4,6,15H,3,5H2,1-2H3/b13-9+. The first-order chi connectivity index (χ1) is 8.22. The molecule has 0 fully saturated rings. The number of methoxy groups -OCH3 is 2. The van der Waals surface area contributed by atoms with Gasteiger partial charge < -0.3 is 14.7 Å². The number of fused-ring (bicyclic) bond motifs is 1. The van der Waals surface area contributed by atoms with Crippen LogP contribution in [0.2, 0.25) is 0 Å². The van der Waals surface area contributed by atoms with Crippen LogP contribution in [0.5, 0.6) is 11.5 Å². The molecule has 0 aliphatic heterocycles. The normalized spacial score (nSPS) is 16.8. The zero-order valence-corrected chi connectivity index (χ0v) is 9.69. The van der Waals surface area contributed by atoms with Gasteiger partial charge in [-0.05, 0) is 18.6 Å². The van der Waals surface area contributed by atoms with E-state index in [1.165, 1.54) is 7.11 Å². The van der Waals surface area contributed by atoms with Crippen molar-refractivity contribution < 1.29 is 19.5 Å². The van der Waals surface area contributed by atoms with Crippen molar-refractivity contribution in [2.24, 2.45) is 5.16 Å². The van der Waals surface area contributed by atoms with E-state index in [-0.39, 0.29) is 11.5 Å². The van der Waals surface area contributed by atoms with Crippen molar-refractivity contribution in [1.29, 1.82) is 0 Å². The number of nitrogens with zero attached hydrogens (tertiary/aromatic N) is 1. The van der Waals surface area contributed by atoms with E-state index in [1.807, 2.05) is 0 Å². The maximum Gasteiger partial charge on any atom is 0.210 e. The van der Waals surface area contributed by atoms with E-state index in [0.29, 0.717) is 29.9 Å². The Labute approximate surface area is 98.6 Å². The third kappa shape index (κ3) is 1.73. The molecule has 1 aliphatic rings. The van der Waals surface area contributed by atoms with E-state index in [2.05, 4.69) is 5.16 Å². The fraction of sp³-hybridized carbons (Fsp3) is 0.333.